The van der Waals surface area contributed by atoms with Crippen LogP contribution in [-0.4, -0.2) is 69.4 Å². The number of morpholine rings is 1. The average Bonchev–Trinajstić information content (AvgIpc) is 3.20. The van der Waals surface area contributed by atoms with Crippen LogP contribution in [0.2, 0.25) is 0 Å². The van der Waals surface area contributed by atoms with Crippen LogP contribution in [-0.2, 0) is 19.4 Å². The average molecular weight is 464 g/mol. The van der Waals surface area contributed by atoms with Gasteiger partial charge >= 0.3 is 0 Å². The maximum absolute atomic E-state index is 14.2. The molecule has 0 aliphatic carbocycles. The third kappa shape index (κ3) is 5.09. The summed E-state index contributed by atoms with van der Waals surface area (Å²) < 4.78 is 45.6. The predicted octanol–water partition coefficient (Wildman–Crippen LogP) is 2.57. The molecule has 0 spiro atoms. The Balaban J connectivity index is 1.60. The van der Waals surface area contributed by atoms with Crippen LogP contribution < -0.4 is 4.90 Å². The van der Waals surface area contributed by atoms with Crippen LogP contribution in [0.15, 0.2) is 53.4 Å². The fourth-order valence-electron chi connectivity index (χ4n) is 3.36. The van der Waals surface area contributed by atoms with E-state index in [1.165, 1.54) is 34.4 Å². The summed E-state index contributed by atoms with van der Waals surface area (Å²) in [6, 6.07) is 12.5. The van der Waals surface area contributed by atoms with Crippen molar-refractivity contribution in [2.24, 2.45) is 0 Å². The number of ether oxygens (including phenoxy) is 1. The third-order valence-corrected chi connectivity index (χ3v) is 7.71. The number of carbonyl (C=O) groups excluding carboxylic acids is 1. The van der Waals surface area contributed by atoms with Gasteiger partial charge in [0.15, 0.2) is 15.0 Å². The van der Waals surface area contributed by atoms with Crippen LogP contribution in [0.1, 0.15) is 0 Å². The van der Waals surface area contributed by atoms with Gasteiger partial charge in [-0.05, 0) is 24.3 Å². The van der Waals surface area contributed by atoms with E-state index < -0.39 is 27.3 Å². The van der Waals surface area contributed by atoms with Gasteiger partial charge in [0.1, 0.15) is 17.1 Å². The molecule has 4 rings (SSSR count). The zero-order valence-corrected chi connectivity index (χ0v) is 18.4. The molecule has 0 atom stereocenters. The fraction of sp³-hybridized carbons (Fsp3) is 0.333. The lowest BCUT2D eigenvalue weighted by molar-refractivity contribution is -0.116. The SMILES string of the molecule is O=C(CS(=O)(=O)c1ccccc1)N(CCN1CCOCC1)c1nc2c(F)cccc2s1. The van der Waals surface area contributed by atoms with Gasteiger partial charge in [-0.2, -0.15) is 0 Å². The minimum Gasteiger partial charge on any atom is -0.379 e. The van der Waals surface area contributed by atoms with Gasteiger partial charge < -0.3 is 4.74 Å². The monoisotopic (exact) mass is 463 g/mol. The molecular weight excluding hydrogens is 441 g/mol. The maximum Gasteiger partial charge on any atom is 0.244 e. The highest BCUT2D eigenvalue weighted by Gasteiger charge is 2.27. The third-order valence-electron chi connectivity index (χ3n) is 5.05. The van der Waals surface area contributed by atoms with Crippen molar-refractivity contribution < 1.29 is 22.3 Å². The number of thiazole rings is 1. The summed E-state index contributed by atoms with van der Waals surface area (Å²) in [7, 11) is -3.82. The summed E-state index contributed by atoms with van der Waals surface area (Å²) in [6.07, 6.45) is 0. The van der Waals surface area contributed by atoms with E-state index in [1.807, 2.05) is 0 Å². The molecule has 0 N–H and O–H groups in total. The zero-order valence-electron chi connectivity index (χ0n) is 16.7. The number of hydrogen-bond donors (Lipinski definition) is 0. The van der Waals surface area contributed by atoms with Crippen molar-refractivity contribution in [3.05, 3.63) is 54.3 Å². The number of nitrogens with zero attached hydrogens (tertiary/aromatic N) is 3. The molecule has 3 aromatic rings. The number of amides is 1. The summed E-state index contributed by atoms with van der Waals surface area (Å²) in [6.45, 7) is 3.49. The minimum atomic E-state index is -3.82. The number of carbonyl (C=O) groups is 1. The van der Waals surface area contributed by atoms with E-state index in [-0.39, 0.29) is 17.0 Å². The van der Waals surface area contributed by atoms with Crippen molar-refractivity contribution in [1.29, 1.82) is 0 Å². The lowest BCUT2D eigenvalue weighted by Gasteiger charge is -2.29. The number of halogens is 1. The minimum absolute atomic E-state index is 0.0897. The van der Waals surface area contributed by atoms with E-state index in [4.69, 9.17) is 4.74 Å². The molecule has 1 saturated heterocycles. The number of para-hydroxylation sites is 1. The van der Waals surface area contributed by atoms with Crippen molar-refractivity contribution in [2.45, 2.75) is 4.90 Å². The molecule has 10 heteroatoms. The molecule has 0 saturated carbocycles. The Morgan fingerprint density at radius 3 is 2.58 bits per heavy atom. The summed E-state index contributed by atoms with van der Waals surface area (Å²) >= 11 is 1.17. The van der Waals surface area contributed by atoms with Crippen LogP contribution in [0.25, 0.3) is 10.2 Å². The van der Waals surface area contributed by atoms with Crippen molar-refractivity contribution in [1.82, 2.24) is 9.88 Å². The van der Waals surface area contributed by atoms with E-state index in [2.05, 4.69) is 9.88 Å². The number of rotatable bonds is 7. The fourth-order valence-corrected chi connectivity index (χ4v) is 5.61. The van der Waals surface area contributed by atoms with E-state index >= 15 is 0 Å². The number of benzene rings is 2. The molecular formula is C21H22FN3O4S2. The van der Waals surface area contributed by atoms with Crippen molar-refractivity contribution in [2.75, 3.05) is 50.0 Å². The summed E-state index contributed by atoms with van der Waals surface area (Å²) in [5, 5.41) is 0.293. The summed E-state index contributed by atoms with van der Waals surface area (Å²) in [5.41, 5.74) is 0.178. The Kier molecular flexibility index (Phi) is 6.61. The number of sulfone groups is 1. The van der Waals surface area contributed by atoms with Crippen LogP contribution in [0, 0.1) is 5.82 Å². The molecule has 1 aromatic heterocycles. The molecule has 1 aliphatic heterocycles. The highest BCUT2D eigenvalue weighted by atomic mass is 32.2. The first kappa shape index (κ1) is 21.8. The van der Waals surface area contributed by atoms with E-state index in [9.17, 15) is 17.6 Å². The molecule has 164 valence electrons. The highest BCUT2D eigenvalue weighted by Crippen LogP contribution is 2.30. The quantitative estimate of drug-likeness (QED) is 0.536. The Bertz CT molecular complexity index is 1160. The van der Waals surface area contributed by atoms with E-state index in [0.717, 1.165) is 13.1 Å². The molecule has 0 bridgehead atoms. The highest BCUT2D eigenvalue weighted by molar-refractivity contribution is 7.92. The second kappa shape index (κ2) is 9.39. The van der Waals surface area contributed by atoms with Crippen molar-refractivity contribution >= 4 is 42.4 Å². The van der Waals surface area contributed by atoms with Crippen LogP contribution >= 0.6 is 11.3 Å². The van der Waals surface area contributed by atoms with Gasteiger partial charge in [-0.1, -0.05) is 35.6 Å². The van der Waals surface area contributed by atoms with Crippen molar-refractivity contribution in [3.63, 3.8) is 0 Å². The van der Waals surface area contributed by atoms with Crippen LogP contribution in [0.5, 0.6) is 0 Å². The molecule has 0 radical (unpaired) electrons. The van der Waals surface area contributed by atoms with Gasteiger partial charge in [0.05, 0.1) is 22.8 Å². The first-order valence-corrected chi connectivity index (χ1v) is 12.3. The van der Waals surface area contributed by atoms with Gasteiger partial charge in [-0.15, -0.1) is 0 Å². The second-order valence-electron chi connectivity index (χ2n) is 7.15. The van der Waals surface area contributed by atoms with Gasteiger partial charge in [0.2, 0.25) is 5.91 Å². The Morgan fingerprint density at radius 1 is 1.13 bits per heavy atom. The van der Waals surface area contributed by atoms with E-state index in [1.54, 1.807) is 30.3 Å². The summed E-state index contributed by atoms with van der Waals surface area (Å²) in [5.74, 6) is -1.74. The normalized spacial score (nSPS) is 15.3. The largest absolute Gasteiger partial charge is 0.379 e. The molecule has 1 fully saturated rings. The second-order valence-corrected chi connectivity index (χ2v) is 10.2. The molecule has 2 heterocycles. The van der Waals surface area contributed by atoms with Crippen molar-refractivity contribution in [3.8, 4) is 0 Å². The Morgan fingerprint density at radius 2 is 1.87 bits per heavy atom. The smallest absolute Gasteiger partial charge is 0.244 e. The predicted molar refractivity (Wildman–Crippen MR) is 118 cm³/mol. The lowest BCUT2D eigenvalue weighted by Crippen LogP contribution is -2.44. The molecule has 7 nitrogen and oxygen atoms in total. The van der Waals surface area contributed by atoms with Gasteiger partial charge in [-0.3, -0.25) is 14.6 Å². The van der Waals surface area contributed by atoms with Crippen LogP contribution in [0.4, 0.5) is 9.52 Å². The van der Waals surface area contributed by atoms with Gasteiger partial charge in [0.25, 0.3) is 0 Å². The topological polar surface area (TPSA) is 79.8 Å². The molecule has 1 amide bonds. The Hall–Kier alpha value is -2.40. The molecule has 31 heavy (non-hydrogen) atoms. The van der Waals surface area contributed by atoms with E-state index in [0.29, 0.717) is 29.6 Å². The van der Waals surface area contributed by atoms with Gasteiger partial charge in [-0.25, -0.2) is 17.8 Å². The molecule has 1 aliphatic rings. The Labute approximate surface area is 184 Å². The van der Waals surface area contributed by atoms with Gasteiger partial charge in [0, 0.05) is 26.2 Å². The number of anilines is 1. The number of aromatic nitrogens is 1. The first-order chi connectivity index (χ1) is 14.9. The van der Waals surface area contributed by atoms with Crippen LogP contribution in [0.3, 0.4) is 0 Å². The number of hydrogen-bond acceptors (Lipinski definition) is 7. The lowest BCUT2D eigenvalue weighted by atomic mass is 10.3. The standard InChI is InChI=1S/C21H22FN3O4S2/c22-17-7-4-8-18-20(17)23-21(30-18)25(10-9-24-11-13-29-14-12-24)19(26)15-31(27,28)16-5-2-1-3-6-16/h1-8H,9-15H2. The first-order valence-electron chi connectivity index (χ1n) is 9.87. The molecule has 0 unspecified atom stereocenters. The maximum atomic E-state index is 14.2. The molecule has 2 aromatic carbocycles. The zero-order chi connectivity index (χ0) is 21.8. The summed E-state index contributed by atoms with van der Waals surface area (Å²) in [4.78, 5) is 21.0. The number of fused-ring (bicyclic) bond motifs is 1.